The average molecular weight is 423 g/mol. The highest BCUT2D eigenvalue weighted by Crippen LogP contribution is 2.30. The molecule has 0 bridgehead atoms. The van der Waals surface area contributed by atoms with E-state index in [1.807, 2.05) is 0 Å². The van der Waals surface area contributed by atoms with Crippen molar-refractivity contribution in [3.05, 3.63) is 53.1 Å². The number of benzene rings is 2. The third kappa shape index (κ3) is 3.83. The molecule has 0 saturated carbocycles. The van der Waals surface area contributed by atoms with E-state index in [2.05, 4.69) is 5.32 Å². The van der Waals surface area contributed by atoms with Gasteiger partial charge in [0.25, 0.3) is 10.0 Å². The predicted octanol–water partition coefficient (Wildman–Crippen LogP) is 2.98. The predicted molar refractivity (Wildman–Crippen MR) is 105 cm³/mol. The number of hydrogen-bond acceptors (Lipinski definition) is 5. The number of carbonyl (C=O) groups is 2. The second-order valence-electron chi connectivity index (χ2n) is 6.38. The number of hydrogen-bond donors (Lipinski definition) is 1. The topological polar surface area (TPSA) is 92.8 Å². The van der Waals surface area contributed by atoms with Crippen molar-refractivity contribution in [1.82, 2.24) is 4.31 Å². The van der Waals surface area contributed by atoms with Crippen molar-refractivity contribution in [2.75, 3.05) is 12.4 Å². The molecule has 1 fully saturated rings. The molecule has 1 N–H and O–H groups in total. The van der Waals surface area contributed by atoms with E-state index >= 15 is 0 Å². The van der Waals surface area contributed by atoms with E-state index < -0.39 is 27.9 Å². The van der Waals surface area contributed by atoms with E-state index in [0.29, 0.717) is 26.3 Å². The van der Waals surface area contributed by atoms with Gasteiger partial charge in [-0.05, 0) is 61.4 Å². The van der Waals surface area contributed by atoms with E-state index in [1.165, 1.54) is 25.3 Å². The number of sulfonamides is 1. The number of nitrogens with one attached hydrogen (secondary N) is 1. The van der Waals surface area contributed by atoms with Gasteiger partial charge in [0.05, 0.1) is 12.0 Å². The minimum atomic E-state index is -4.18. The first-order valence-electron chi connectivity index (χ1n) is 8.52. The van der Waals surface area contributed by atoms with Gasteiger partial charge in [0.2, 0.25) is 11.8 Å². The number of anilines is 1. The van der Waals surface area contributed by atoms with Gasteiger partial charge in [0, 0.05) is 17.1 Å². The monoisotopic (exact) mass is 422 g/mol. The number of aryl methyl sites for hydroxylation is 1. The molecule has 9 heteroatoms. The lowest BCUT2D eigenvalue weighted by molar-refractivity contribution is -0.128. The van der Waals surface area contributed by atoms with Crippen molar-refractivity contribution in [1.29, 1.82) is 0 Å². The molecule has 3 rings (SSSR count). The van der Waals surface area contributed by atoms with E-state index in [1.54, 1.807) is 31.2 Å². The smallest absolute Gasteiger partial charge is 0.267 e. The van der Waals surface area contributed by atoms with Gasteiger partial charge in [0.1, 0.15) is 11.8 Å². The fraction of sp³-hybridized carbons (Fsp3) is 0.263. The summed E-state index contributed by atoms with van der Waals surface area (Å²) in [4.78, 5) is 25.0. The van der Waals surface area contributed by atoms with E-state index in [-0.39, 0.29) is 17.7 Å². The molecular weight excluding hydrogens is 404 g/mol. The number of rotatable bonds is 5. The average Bonchev–Trinajstić information content (AvgIpc) is 3.06. The van der Waals surface area contributed by atoms with Crippen LogP contribution in [0.4, 0.5) is 5.69 Å². The molecule has 0 aliphatic carbocycles. The van der Waals surface area contributed by atoms with Crippen LogP contribution in [0.5, 0.6) is 5.75 Å². The maximum Gasteiger partial charge on any atom is 0.267 e. The SMILES string of the molecule is COc1ccc(S(=O)(=O)N2C(=O)CC[C@H]2C(=O)Nc2ccc(Cl)cc2)cc1C. The highest BCUT2D eigenvalue weighted by molar-refractivity contribution is 7.89. The second kappa shape index (κ2) is 7.81. The molecule has 1 saturated heterocycles. The van der Waals surface area contributed by atoms with Crippen molar-refractivity contribution < 1.29 is 22.7 Å². The lowest BCUT2D eigenvalue weighted by Gasteiger charge is -2.24. The quantitative estimate of drug-likeness (QED) is 0.799. The normalized spacial score (nSPS) is 16.9. The van der Waals surface area contributed by atoms with Crippen molar-refractivity contribution in [3.8, 4) is 5.75 Å². The molecule has 28 heavy (non-hydrogen) atoms. The molecule has 148 valence electrons. The Hall–Kier alpha value is -2.58. The van der Waals surface area contributed by atoms with Crippen LogP contribution in [0.1, 0.15) is 18.4 Å². The van der Waals surface area contributed by atoms with Gasteiger partial charge in [-0.1, -0.05) is 11.6 Å². The van der Waals surface area contributed by atoms with Crippen LogP contribution in [0.3, 0.4) is 0 Å². The summed E-state index contributed by atoms with van der Waals surface area (Å²) in [5, 5.41) is 3.15. The van der Waals surface area contributed by atoms with Crippen LogP contribution in [-0.2, 0) is 19.6 Å². The largest absolute Gasteiger partial charge is 0.496 e. The Bertz CT molecular complexity index is 1020. The van der Waals surface area contributed by atoms with Crippen LogP contribution in [0.25, 0.3) is 0 Å². The minimum absolute atomic E-state index is 0.0208. The summed E-state index contributed by atoms with van der Waals surface area (Å²) < 4.78 is 32.0. The number of methoxy groups -OCH3 is 1. The molecular formula is C19H19ClN2O5S. The van der Waals surface area contributed by atoms with Crippen molar-refractivity contribution in [2.45, 2.75) is 30.7 Å². The summed E-state index contributed by atoms with van der Waals surface area (Å²) >= 11 is 5.83. The first-order chi connectivity index (χ1) is 13.2. The summed E-state index contributed by atoms with van der Waals surface area (Å²) in [5.74, 6) is -0.643. The fourth-order valence-corrected chi connectivity index (χ4v) is 4.90. The minimum Gasteiger partial charge on any atom is -0.496 e. The third-order valence-electron chi connectivity index (χ3n) is 4.50. The summed E-state index contributed by atoms with van der Waals surface area (Å²) in [5.41, 5.74) is 1.07. The van der Waals surface area contributed by atoms with Crippen LogP contribution >= 0.6 is 11.6 Å². The molecule has 1 atom stereocenters. The number of nitrogens with zero attached hydrogens (tertiary/aromatic N) is 1. The maximum absolute atomic E-state index is 13.1. The van der Waals surface area contributed by atoms with Gasteiger partial charge >= 0.3 is 0 Å². The van der Waals surface area contributed by atoms with Crippen molar-refractivity contribution >= 4 is 39.1 Å². The van der Waals surface area contributed by atoms with E-state index in [4.69, 9.17) is 16.3 Å². The molecule has 0 unspecified atom stereocenters. The highest BCUT2D eigenvalue weighted by atomic mass is 35.5. The molecule has 2 aromatic carbocycles. The lowest BCUT2D eigenvalue weighted by atomic mass is 10.2. The Morgan fingerprint density at radius 2 is 1.89 bits per heavy atom. The molecule has 0 aromatic heterocycles. The Balaban J connectivity index is 1.89. The number of halogens is 1. The Labute approximate surface area is 168 Å². The number of ether oxygens (including phenoxy) is 1. The number of amides is 2. The van der Waals surface area contributed by atoms with Crippen molar-refractivity contribution in [2.24, 2.45) is 0 Å². The summed E-state index contributed by atoms with van der Waals surface area (Å²) in [6.07, 6.45) is 0.0969. The van der Waals surface area contributed by atoms with Gasteiger partial charge in [0.15, 0.2) is 0 Å². The Morgan fingerprint density at radius 3 is 2.50 bits per heavy atom. The second-order valence-corrected chi connectivity index (χ2v) is 8.63. The zero-order valence-corrected chi connectivity index (χ0v) is 16.9. The third-order valence-corrected chi connectivity index (χ3v) is 6.58. The zero-order valence-electron chi connectivity index (χ0n) is 15.3. The number of carbonyl (C=O) groups excluding carboxylic acids is 2. The molecule has 1 heterocycles. The molecule has 1 aliphatic rings. The maximum atomic E-state index is 13.1. The summed E-state index contributed by atoms with van der Waals surface area (Å²) in [7, 11) is -2.70. The van der Waals surface area contributed by atoms with Gasteiger partial charge in [-0.3, -0.25) is 9.59 Å². The molecule has 7 nitrogen and oxygen atoms in total. The zero-order chi connectivity index (χ0) is 20.5. The Morgan fingerprint density at radius 1 is 1.21 bits per heavy atom. The lowest BCUT2D eigenvalue weighted by Crippen LogP contribution is -2.45. The Kier molecular flexibility index (Phi) is 5.62. The van der Waals surface area contributed by atoms with Gasteiger partial charge in [-0.2, -0.15) is 0 Å². The molecule has 0 spiro atoms. The van der Waals surface area contributed by atoms with Crippen LogP contribution in [0.2, 0.25) is 5.02 Å². The van der Waals surface area contributed by atoms with Gasteiger partial charge < -0.3 is 10.1 Å². The first kappa shape index (κ1) is 20.2. The van der Waals surface area contributed by atoms with E-state index in [9.17, 15) is 18.0 Å². The molecule has 2 amide bonds. The van der Waals surface area contributed by atoms with Crippen molar-refractivity contribution in [3.63, 3.8) is 0 Å². The summed E-state index contributed by atoms with van der Waals surface area (Å²) in [6, 6.07) is 9.60. The molecule has 0 radical (unpaired) electrons. The van der Waals surface area contributed by atoms with Crippen LogP contribution in [0, 0.1) is 6.92 Å². The fourth-order valence-electron chi connectivity index (χ4n) is 3.08. The van der Waals surface area contributed by atoms with Crippen LogP contribution < -0.4 is 10.1 Å². The first-order valence-corrected chi connectivity index (χ1v) is 10.3. The summed E-state index contributed by atoms with van der Waals surface area (Å²) in [6.45, 7) is 1.70. The highest BCUT2D eigenvalue weighted by Gasteiger charge is 2.44. The van der Waals surface area contributed by atoms with E-state index in [0.717, 1.165) is 0 Å². The van der Waals surface area contributed by atoms with Gasteiger partial charge in [-0.15, -0.1) is 0 Å². The van der Waals surface area contributed by atoms with Crippen LogP contribution in [-0.4, -0.2) is 37.7 Å². The molecule has 1 aliphatic heterocycles. The van der Waals surface area contributed by atoms with Crippen LogP contribution in [0.15, 0.2) is 47.4 Å². The van der Waals surface area contributed by atoms with Gasteiger partial charge in [-0.25, -0.2) is 12.7 Å². The standard InChI is InChI=1S/C19H19ClN2O5S/c1-12-11-15(7-9-17(12)27-2)28(25,26)22-16(8-10-18(22)23)19(24)21-14-5-3-13(20)4-6-14/h3-7,9,11,16H,8,10H2,1-2H3,(H,21,24)/t16-/m0/s1. The molecule has 2 aromatic rings.